The Morgan fingerprint density at radius 3 is 2.49 bits per heavy atom. The molecule has 1 saturated heterocycles. The molecule has 2 aromatic heterocycles. The average molecular weight is 468 g/mol. The number of amides is 2. The molecular weight excluding hydrogens is 438 g/mol. The van der Waals surface area contributed by atoms with Crippen LogP contribution in [0.15, 0.2) is 79.0 Å². The van der Waals surface area contributed by atoms with Crippen molar-refractivity contribution >= 4 is 28.5 Å². The zero-order chi connectivity index (χ0) is 24.2. The van der Waals surface area contributed by atoms with Crippen molar-refractivity contribution in [3.63, 3.8) is 0 Å². The fourth-order valence-electron chi connectivity index (χ4n) is 4.85. The first-order chi connectivity index (χ1) is 17.1. The van der Waals surface area contributed by atoms with Gasteiger partial charge in [0.25, 0.3) is 0 Å². The third-order valence-electron chi connectivity index (χ3n) is 6.72. The number of pyridine rings is 1. The second-order valence-corrected chi connectivity index (χ2v) is 8.97. The van der Waals surface area contributed by atoms with E-state index in [0.29, 0.717) is 6.54 Å². The molecule has 7 heteroatoms. The van der Waals surface area contributed by atoms with Crippen molar-refractivity contribution in [3.8, 4) is 11.3 Å². The molecule has 7 nitrogen and oxygen atoms in total. The smallest absolute Gasteiger partial charge is 0.240 e. The summed E-state index contributed by atoms with van der Waals surface area (Å²) in [7, 11) is 0. The van der Waals surface area contributed by atoms with Crippen LogP contribution in [-0.4, -0.2) is 34.5 Å². The topological polar surface area (TPSA) is 93.2 Å². The Morgan fingerprint density at radius 1 is 0.971 bits per heavy atom. The number of carbonyl (C=O) groups excluding carboxylic acids is 2. The Labute approximate surface area is 204 Å². The van der Waals surface area contributed by atoms with Crippen LogP contribution in [0, 0.1) is 5.92 Å². The molecule has 0 bridgehead atoms. The number of nitrogens with two attached hydrogens (primary N) is 1. The van der Waals surface area contributed by atoms with Crippen LogP contribution in [-0.2, 0) is 22.7 Å². The number of fused-ring (bicyclic) bond motifs is 1. The highest BCUT2D eigenvalue weighted by Gasteiger charge is 2.25. The van der Waals surface area contributed by atoms with Crippen molar-refractivity contribution in [2.45, 2.75) is 25.9 Å². The van der Waals surface area contributed by atoms with Crippen LogP contribution in [0.3, 0.4) is 0 Å². The summed E-state index contributed by atoms with van der Waals surface area (Å²) in [5.41, 5.74) is 9.55. The van der Waals surface area contributed by atoms with Crippen LogP contribution >= 0.6 is 0 Å². The highest BCUT2D eigenvalue weighted by Crippen LogP contribution is 2.28. The van der Waals surface area contributed by atoms with Crippen molar-refractivity contribution in [2.75, 3.05) is 18.0 Å². The van der Waals surface area contributed by atoms with Gasteiger partial charge in [0.05, 0.1) is 0 Å². The summed E-state index contributed by atoms with van der Waals surface area (Å²) >= 11 is 0. The molecule has 0 atom stereocenters. The van der Waals surface area contributed by atoms with Crippen molar-refractivity contribution in [1.82, 2.24) is 14.9 Å². The van der Waals surface area contributed by atoms with Gasteiger partial charge in [0.2, 0.25) is 11.8 Å². The minimum Gasteiger partial charge on any atom is -0.369 e. The van der Waals surface area contributed by atoms with Crippen molar-refractivity contribution < 1.29 is 9.59 Å². The number of carbonyl (C=O) groups is 2. The Kier molecular flexibility index (Phi) is 6.48. The molecule has 3 N–H and O–H groups in total. The van der Waals surface area contributed by atoms with Crippen LogP contribution in [0.5, 0.6) is 0 Å². The van der Waals surface area contributed by atoms with Crippen LogP contribution in [0.25, 0.3) is 22.2 Å². The zero-order valence-electron chi connectivity index (χ0n) is 19.6. The number of hydrogen-bond donors (Lipinski definition) is 2. The van der Waals surface area contributed by atoms with E-state index in [9.17, 15) is 9.59 Å². The maximum absolute atomic E-state index is 13.1. The fourth-order valence-corrected chi connectivity index (χ4v) is 4.85. The maximum Gasteiger partial charge on any atom is 0.240 e. The minimum atomic E-state index is -0.231. The van der Waals surface area contributed by atoms with Crippen LogP contribution in [0.2, 0.25) is 0 Å². The van der Waals surface area contributed by atoms with E-state index < -0.39 is 0 Å². The second-order valence-electron chi connectivity index (χ2n) is 8.97. The first-order valence-electron chi connectivity index (χ1n) is 12.0. The molecule has 178 valence electrons. The Morgan fingerprint density at radius 2 is 1.71 bits per heavy atom. The molecule has 0 spiro atoms. The molecule has 0 radical (unpaired) electrons. The summed E-state index contributed by atoms with van der Waals surface area (Å²) < 4.78 is 2.07. The molecule has 2 amide bonds. The molecule has 1 fully saturated rings. The van der Waals surface area contributed by atoms with E-state index in [1.54, 1.807) is 6.20 Å². The first-order valence-corrected chi connectivity index (χ1v) is 12.0. The summed E-state index contributed by atoms with van der Waals surface area (Å²) in [6.45, 7) is 2.05. The van der Waals surface area contributed by atoms with Gasteiger partial charge in [-0.2, -0.15) is 0 Å². The summed E-state index contributed by atoms with van der Waals surface area (Å²) in [5, 5.41) is 4.19. The lowest BCUT2D eigenvalue weighted by molar-refractivity contribution is -0.122. The summed E-state index contributed by atoms with van der Waals surface area (Å²) in [5.74, 6) is 0.483. The molecule has 3 heterocycles. The van der Waals surface area contributed by atoms with Gasteiger partial charge in [0, 0.05) is 53.9 Å². The summed E-state index contributed by atoms with van der Waals surface area (Å²) in [6, 6.07) is 24.3. The number of rotatable bonds is 7. The number of anilines is 1. The fraction of sp³-hybridized carbons (Fsp3) is 0.250. The molecule has 0 aliphatic carbocycles. The van der Waals surface area contributed by atoms with Gasteiger partial charge in [-0.3, -0.25) is 9.59 Å². The highest BCUT2D eigenvalue weighted by molar-refractivity contribution is 5.89. The van der Waals surface area contributed by atoms with Crippen molar-refractivity contribution in [2.24, 2.45) is 11.7 Å². The minimum absolute atomic E-state index is 0.0641. The van der Waals surface area contributed by atoms with E-state index in [4.69, 9.17) is 5.73 Å². The lowest BCUT2D eigenvalue weighted by atomic mass is 9.96. The number of hydrogen-bond acceptors (Lipinski definition) is 4. The average Bonchev–Trinajstić information content (AvgIpc) is 3.26. The van der Waals surface area contributed by atoms with Gasteiger partial charge in [0.1, 0.15) is 12.4 Å². The third-order valence-corrected chi connectivity index (χ3v) is 6.72. The number of nitrogens with zero attached hydrogens (tertiary/aromatic N) is 3. The Balaban J connectivity index is 1.31. The van der Waals surface area contributed by atoms with Crippen LogP contribution in [0.4, 0.5) is 5.82 Å². The molecule has 35 heavy (non-hydrogen) atoms. The van der Waals surface area contributed by atoms with E-state index in [0.717, 1.165) is 59.5 Å². The van der Waals surface area contributed by atoms with Crippen LogP contribution in [0.1, 0.15) is 18.4 Å². The molecular formula is C28H29N5O2. The lowest BCUT2D eigenvalue weighted by Gasteiger charge is -2.32. The number of para-hydroxylation sites is 1. The predicted octanol–water partition coefficient (Wildman–Crippen LogP) is 3.72. The second kappa shape index (κ2) is 10.0. The maximum atomic E-state index is 13.1. The van der Waals surface area contributed by atoms with Gasteiger partial charge >= 0.3 is 0 Å². The number of benzene rings is 2. The number of piperidine rings is 1. The van der Waals surface area contributed by atoms with Gasteiger partial charge < -0.3 is 20.5 Å². The van der Waals surface area contributed by atoms with Gasteiger partial charge in [-0.15, -0.1) is 0 Å². The lowest BCUT2D eigenvalue weighted by Crippen LogP contribution is -2.39. The van der Waals surface area contributed by atoms with Gasteiger partial charge in [0.15, 0.2) is 0 Å². The standard InChI is InChI=1S/C28H29N5O2/c29-27(35)21-12-15-32(16-13-21)28-23(10-6-14-30-28)18-31-26(34)19-33-24-11-5-4-9-22(24)17-25(33)20-7-2-1-3-8-20/h1-11,14,17,21H,12-13,15-16,18-19H2,(H2,29,35)(H,31,34). The van der Waals surface area contributed by atoms with Gasteiger partial charge in [-0.25, -0.2) is 4.98 Å². The van der Waals surface area contributed by atoms with E-state index in [2.05, 4.69) is 44.0 Å². The molecule has 2 aromatic carbocycles. The predicted molar refractivity (Wildman–Crippen MR) is 138 cm³/mol. The Hall–Kier alpha value is -4.13. The van der Waals surface area contributed by atoms with Gasteiger partial charge in [-0.1, -0.05) is 54.6 Å². The molecule has 1 aliphatic heterocycles. The van der Waals surface area contributed by atoms with Crippen molar-refractivity contribution in [3.05, 3.63) is 84.6 Å². The molecule has 5 rings (SSSR count). The van der Waals surface area contributed by atoms with Gasteiger partial charge in [-0.05, 0) is 36.6 Å². The summed E-state index contributed by atoms with van der Waals surface area (Å²) in [4.78, 5) is 31.4. The van der Waals surface area contributed by atoms with E-state index >= 15 is 0 Å². The van der Waals surface area contributed by atoms with E-state index in [1.807, 2.05) is 48.5 Å². The quantitative estimate of drug-likeness (QED) is 0.433. The molecule has 1 aliphatic rings. The largest absolute Gasteiger partial charge is 0.369 e. The monoisotopic (exact) mass is 467 g/mol. The van der Waals surface area contributed by atoms with Crippen LogP contribution < -0.4 is 16.0 Å². The number of primary amides is 1. The normalized spacial score (nSPS) is 14.2. The molecule has 4 aromatic rings. The highest BCUT2D eigenvalue weighted by atomic mass is 16.2. The molecule has 0 unspecified atom stereocenters. The first kappa shape index (κ1) is 22.7. The third kappa shape index (κ3) is 4.89. The van der Waals surface area contributed by atoms with Crippen molar-refractivity contribution in [1.29, 1.82) is 0 Å². The Bertz CT molecular complexity index is 1340. The van der Waals surface area contributed by atoms with E-state index in [-0.39, 0.29) is 24.3 Å². The SMILES string of the molecule is NC(=O)C1CCN(c2ncccc2CNC(=O)Cn2c(-c3ccccc3)cc3ccccc32)CC1. The van der Waals surface area contributed by atoms with E-state index in [1.165, 1.54) is 0 Å². The number of aromatic nitrogens is 2. The molecule has 0 saturated carbocycles. The number of nitrogens with one attached hydrogen (secondary N) is 1. The zero-order valence-corrected chi connectivity index (χ0v) is 19.6. The summed E-state index contributed by atoms with van der Waals surface area (Å²) in [6.07, 6.45) is 3.21.